The molecule has 194 valence electrons. The van der Waals surface area contributed by atoms with E-state index < -0.39 is 10.0 Å². The van der Waals surface area contributed by atoms with Crippen LogP contribution in [-0.4, -0.2) is 53.0 Å². The molecule has 5 rings (SSSR count). The molecule has 1 amide bonds. The smallest absolute Gasteiger partial charge is 0.243 e. The van der Waals surface area contributed by atoms with E-state index in [1.54, 1.807) is 27.9 Å². The van der Waals surface area contributed by atoms with Gasteiger partial charge in [0, 0.05) is 43.0 Å². The Labute approximate surface area is 225 Å². The van der Waals surface area contributed by atoms with Gasteiger partial charge in [-0.15, -0.1) is 0 Å². The minimum atomic E-state index is -3.64. The van der Waals surface area contributed by atoms with E-state index in [0.29, 0.717) is 36.1 Å². The number of aromatic nitrogens is 3. The molecule has 0 unspecified atom stereocenters. The molecule has 1 saturated heterocycles. The maximum Gasteiger partial charge on any atom is 0.243 e. The van der Waals surface area contributed by atoms with E-state index in [0.717, 1.165) is 21.3 Å². The third-order valence-corrected chi connectivity index (χ3v) is 9.87. The Bertz CT molecular complexity index is 1510. The zero-order chi connectivity index (χ0) is 26.2. The van der Waals surface area contributed by atoms with Gasteiger partial charge in [0.25, 0.3) is 0 Å². The number of piperidine rings is 1. The van der Waals surface area contributed by atoms with Crippen molar-refractivity contribution in [2.24, 2.45) is 5.92 Å². The molecule has 11 heteroatoms. The highest BCUT2D eigenvalue weighted by molar-refractivity contribution is 7.89. The van der Waals surface area contributed by atoms with Crippen LogP contribution in [0.25, 0.3) is 10.2 Å². The summed E-state index contributed by atoms with van der Waals surface area (Å²) in [5.41, 5.74) is 3.15. The number of amides is 1. The lowest BCUT2D eigenvalue weighted by Gasteiger charge is -2.33. The molecule has 4 aromatic rings. The summed E-state index contributed by atoms with van der Waals surface area (Å²) in [7, 11) is -3.64. The Kier molecular flexibility index (Phi) is 7.35. The van der Waals surface area contributed by atoms with Crippen molar-refractivity contribution >= 4 is 54.2 Å². The monoisotopic (exact) mass is 557 g/mol. The maximum atomic E-state index is 13.8. The Hall–Kier alpha value is -2.79. The molecule has 0 aliphatic carbocycles. The first-order valence-electron chi connectivity index (χ1n) is 12.1. The lowest BCUT2D eigenvalue weighted by molar-refractivity contribution is -0.123. The minimum absolute atomic E-state index is 0.0240. The number of benzene rings is 2. The number of aryl methyl sites for hydroxylation is 2. The molecule has 1 aliphatic heterocycles. The first-order chi connectivity index (χ1) is 17.7. The number of rotatable bonds is 7. The lowest BCUT2D eigenvalue weighted by atomic mass is 9.96. The first-order valence-corrected chi connectivity index (χ1v) is 14.8. The van der Waals surface area contributed by atoms with Crippen LogP contribution in [0.4, 0.5) is 5.13 Å². The molecular formula is C26H28ClN5O3S2. The summed E-state index contributed by atoms with van der Waals surface area (Å²) in [6, 6.07) is 12.2. The predicted molar refractivity (Wildman–Crippen MR) is 147 cm³/mol. The van der Waals surface area contributed by atoms with Gasteiger partial charge in [0.2, 0.25) is 15.9 Å². The van der Waals surface area contributed by atoms with Gasteiger partial charge in [-0.2, -0.15) is 9.40 Å². The summed E-state index contributed by atoms with van der Waals surface area (Å²) < 4.78 is 30.5. The topological polar surface area (TPSA) is 88.4 Å². The number of sulfonamides is 1. The molecule has 2 aromatic carbocycles. The SMILES string of the molecule is Cc1cc(C)c2nc(N(CCn3cccn3)C(=O)C3CCN(S(=O)(=O)c4ccc(Cl)cc4)CC3)sc2c1. The number of thiazole rings is 1. The largest absolute Gasteiger partial charge is 0.286 e. The van der Waals surface area contributed by atoms with Crippen LogP contribution >= 0.6 is 22.9 Å². The van der Waals surface area contributed by atoms with E-state index >= 15 is 0 Å². The Morgan fingerprint density at radius 1 is 1.16 bits per heavy atom. The molecular weight excluding hydrogens is 530 g/mol. The van der Waals surface area contributed by atoms with E-state index in [4.69, 9.17) is 16.6 Å². The van der Waals surface area contributed by atoms with Gasteiger partial charge in [-0.05, 0) is 74.2 Å². The molecule has 1 aliphatic rings. The summed E-state index contributed by atoms with van der Waals surface area (Å²) >= 11 is 7.44. The number of anilines is 1. The summed E-state index contributed by atoms with van der Waals surface area (Å²) in [4.78, 5) is 20.6. The van der Waals surface area contributed by atoms with Crippen molar-refractivity contribution in [3.63, 3.8) is 0 Å². The van der Waals surface area contributed by atoms with Gasteiger partial charge in [0.15, 0.2) is 5.13 Å². The lowest BCUT2D eigenvalue weighted by Crippen LogP contribution is -2.45. The number of fused-ring (bicyclic) bond motifs is 1. The average Bonchev–Trinajstić information content (AvgIpc) is 3.55. The van der Waals surface area contributed by atoms with E-state index in [-0.39, 0.29) is 29.8 Å². The van der Waals surface area contributed by atoms with Crippen LogP contribution in [0.5, 0.6) is 0 Å². The van der Waals surface area contributed by atoms with Gasteiger partial charge >= 0.3 is 0 Å². The van der Waals surface area contributed by atoms with Crippen LogP contribution in [0.2, 0.25) is 5.02 Å². The number of nitrogens with zero attached hydrogens (tertiary/aromatic N) is 5. The van der Waals surface area contributed by atoms with Crippen LogP contribution in [0.3, 0.4) is 0 Å². The van der Waals surface area contributed by atoms with Gasteiger partial charge in [-0.25, -0.2) is 13.4 Å². The van der Waals surface area contributed by atoms with E-state index in [1.165, 1.54) is 27.8 Å². The fourth-order valence-electron chi connectivity index (χ4n) is 4.73. The molecule has 0 saturated carbocycles. The fraction of sp³-hybridized carbons (Fsp3) is 0.346. The standard InChI is InChI=1S/C26H28ClN5O3S2/c1-18-16-19(2)24-23(17-18)36-26(29-24)32(15-14-30-11-3-10-28-30)25(33)20-8-12-31(13-9-20)37(34,35)22-6-4-21(27)5-7-22/h3-7,10-11,16-17,20H,8-9,12-15H2,1-2H3. The van der Waals surface area contributed by atoms with Crippen molar-refractivity contribution in [2.75, 3.05) is 24.5 Å². The van der Waals surface area contributed by atoms with E-state index in [9.17, 15) is 13.2 Å². The molecule has 0 radical (unpaired) electrons. The Balaban J connectivity index is 1.35. The average molecular weight is 558 g/mol. The quantitative estimate of drug-likeness (QED) is 0.322. The molecule has 0 bridgehead atoms. The van der Waals surface area contributed by atoms with Crippen molar-refractivity contribution in [3.8, 4) is 0 Å². The van der Waals surface area contributed by atoms with Crippen molar-refractivity contribution < 1.29 is 13.2 Å². The molecule has 0 atom stereocenters. The zero-order valence-electron chi connectivity index (χ0n) is 20.7. The van der Waals surface area contributed by atoms with Gasteiger partial charge in [-0.3, -0.25) is 14.4 Å². The van der Waals surface area contributed by atoms with Crippen molar-refractivity contribution in [1.82, 2.24) is 19.1 Å². The first kappa shape index (κ1) is 25.8. The van der Waals surface area contributed by atoms with Gasteiger partial charge < -0.3 is 0 Å². The molecule has 2 aromatic heterocycles. The Morgan fingerprint density at radius 2 is 1.89 bits per heavy atom. The highest BCUT2D eigenvalue weighted by Gasteiger charge is 2.35. The predicted octanol–water partition coefficient (Wildman–Crippen LogP) is 4.90. The minimum Gasteiger partial charge on any atom is -0.286 e. The summed E-state index contributed by atoms with van der Waals surface area (Å²) in [5.74, 6) is -0.312. The number of hydrogen-bond acceptors (Lipinski definition) is 6. The highest BCUT2D eigenvalue weighted by atomic mass is 35.5. The van der Waals surface area contributed by atoms with Crippen molar-refractivity contribution in [2.45, 2.75) is 38.1 Å². The second-order valence-corrected chi connectivity index (χ2v) is 12.7. The summed E-state index contributed by atoms with van der Waals surface area (Å²) in [6.45, 7) is 5.63. The van der Waals surface area contributed by atoms with Gasteiger partial charge in [0.1, 0.15) is 0 Å². The molecule has 1 fully saturated rings. The van der Waals surface area contributed by atoms with Crippen LogP contribution in [0.1, 0.15) is 24.0 Å². The molecule has 3 heterocycles. The maximum absolute atomic E-state index is 13.8. The van der Waals surface area contributed by atoms with Crippen LogP contribution < -0.4 is 4.90 Å². The second-order valence-electron chi connectivity index (χ2n) is 9.32. The third-order valence-electron chi connectivity index (χ3n) is 6.68. The molecule has 0 spiro atoms. The van der Waals surface area contributed by atoms with Crippen molar-refractivity contribution in [3.05, 3.63) is 71.0 Å². The molecule has 37 heavy (non-hydrogen) atoms. The van der Waals surface area contributed by atoms with Crippen molar-refractivity contribution in [1.29, 1.82) is 0 Å². The zero-order valence-corrected chi connectivity index (χ0v) is 23.1. The summed E-state index contributed by atoms with van der Waals surface area (Å²) in [5, 5.41) is 5.42. The highest BCUT2D eigenvalue weighted by Crippen LogP contribution is 2.34. The molecule has 0 N–H and O–H groups in total. The third kappa shape index (κ3) is 5.43. The van der Waals surface area contributed by atoms with Gasteiger partial charge in [0.05, 0.1) is 21.7 Å². The van der Waals surface area contributed by atoms with E-state index in [1.807, 2.05) is 19.2 Å². The normalized spacial score (nSPS) is 15.3. The van der Waals surface area contributed by atoms with Crippen LogP contribution in [0, 0.1) is 19.8 Å². The number of hydrogen-bond donors (Lipinski definition) is 0. The Morgan fingerprint density at radius 3 is 2.57 bits per heavy atom. The van der Waals surface area contributed by atoms with Crippen LogP contribution in [0.15, 0.2) is 59.8 Å². The van der Waals surface area contributed by atoms with Gasteiger partial charge in [-0.1, -0.05) is 29.0 Å². The summed E-state index contributed by atoms with van der Waals surface area (Å²) in [6.07, 6.45) is 4.49. The van der Waals surface area contributed by atoms with Crippen LogP contribution in [-0.2, 0) is 21.4 Å². The number of carbonyl (C=O) groups excluding carboxylic acids is 1. The number of carbonyl (C=O) groups is 1. The molecule has 8 nitrogen and oxygen atoms in total. The number of halogens is 1. The van der Waals surface area contributed by atoms with E-state index in [2.05, 4.69) is 24.2 Å². The second kappa shape index (κ2) is 10.5. The fourth-order valence-corrected chi connectivity index (χ4v) is 7.50.